The monoisotopic (exact) mass is 333 g/mol. The molecule has 0 fully saturated rings. The number of primary amides is 1. The van der Waals surface area contributed by atoms with Crippen LogP contribution in [-0.2, 0) is 0 Å². The van der Waals surface area contributed by atoms with Crippen molar-refractivity contribution in [1.82, 2.24) is 15.0 Å². The largest absolute Gasteiger partial charge is 0.368 e. The summed E-state index contributed by atoms with van der Waals surface area (Å²) in [7, 11) is 0. The van der Waals surface area contributed by atoms with Gasteiger partial charge in [-0.25, -0.2) is 4.98 Å². The lowest BCUT2D eigenvalue weighted by Crippen LogP contribution is -2.10. The SMILES string of the molecule is CC.NC(=O)c1ccc2[nH]c3nc(N)nc(-c4ccccc4)c3c2c1. The van der Waals surface area contributed by atoms with Crippen molar-refractivity contribution >= 4 is 33.8 Å². The van der Waals surface area contributed by atoms with Crippen LogP contribution in [0.15, 0.2) is 48.5 Å². The van der Waals surface area contributed by atoms with Gasteiger partial charge in [0, 0.05) is 22.0 Å². The zero-order chi connectivity index (χ0) is 18.0. The minimum Gasteiger partial charge on any atom is -0.368 e. The summed E-state index contributed by atoms with van der Waals surface area (Å²) >= 11 is 0. The molecule has 0 radical (unpaired) electrons. The summed E-state index contributed by atoms with van der Waals surface area (Å²) in [6.45, 7) is 4.00. The predicted molar refractivity (Wildman–Crippen MR) is 101 cm³/mol. The summed E-state index contributed by atoms with van der Waals surface area (Å²) in [6, 6.07) is 15.0. The number of rotatable bonds is 2. The van der Waals surface area contributed by atoms with E-state index in [4.69, 9.17) is 11.5 Å². The number of nitrogens with one attached hydrogen (secondary N) is 1. The number of aromatic amines is 1. The third-order valence-corrected chi connectivity index (χ3v) is 3.80. The highest BCUT2D eigenvalue weighted by molar-refractivity contribution is 6.14. The first kappa shape index (κ1) is 16.4. The van der Waals surface area contributed by atoms with Gasteiger partial charge in [-0.2, -0.15) is 4.98 Å². The molecular weight excluding hydrogens is 314 g/mol. The Balaban J connectivity index is 0.000000880. The van der Waals surface area contributed by atoms with E-state index in [0.29, 0.717) is 11.2 Å². The van der Waals surface area contributed by atoms with E-state index in [0.717, 1.165) is 27.5 Å². The Morgan fingerprint density at radius 1 is 1.04 bits per heavy atom. The molecule has 0 aliphatic carbocycles. The van der Waals surface area contributed by atoms with Crippen LogP contribution in [-0.4, -0.2) is 20.9 Å². The van der Waals surface area contributed by atoms with Crippen LogP contribution in [0, 0.1) is 0 Å². The third kappa shape index (κ3) is 2.89. The molecule has 1 amide bonds. The quantitative estimate of drug-likeness (QED) is 0.521. The van der Waals surface area contributed by atoms with Crippen LogP contribution >= 0.6 is 0 Å². The van der Waals surface area contributed by atoms with Crippen LogP contribution < -0.4 is 11.5 Å². The number of benzene rings is 2. The first-order valence-electron chi connectivity index (χ1n) is 8.07. The van der Waals surface area contributed by atoms with Gasteiger partial charge < -0.3 is 16.5 Å². The first-order valence-corrected chi connectivity index (χ1v) is 8.07. The highest BCUT2D eigenvalue weighted by atomic mass is 16.1. The van der Waals surface area contributed by atoms with E-state index in [-0.39, 0.29) is 5.95 Å². The van der Waals surface area contributed by atoms with E-state index < -0.39 is 5.91 Å². The number of hydrogen-bond acceptors (Lipinski definition) is 4. The standard InChI is InChI=1S/C17H13N5O.C2H6/c18-15(23)10-6-7-12-11(8-10)13-14(9-4-2-1-3-5-9)21-17(19)22-16(13)20-12;1-2/h1-8H,(H2,18,23)(H3,19,20,21,22);1-2H3. The molecule has 2 aromatic carbocycles. The van der Waals surface area contributed by atoms with Crippen molar-refractivity contribution in [3.8, 4) is 11.3 Å². The Morgan fingerprint density at radius 3 is 2.44 bits per heavy atom. The zero-order valence-corrected chi connectivity index (χ0v) is 14.1. The van der Waals surface area contributed by atoms with E-state index in [9.17, 15) is 4.79 Å². The minimum absolute atomic E-state index is 0.193. The van der Waals surface area contributed by atoms with Gasteiger partial charge in [0.05, 0.1) is 11.1 Å². The Bertz CT molecular complexity index is 1050. The highest BCUT2D eigenvalue weighted by Gasteiger charge is 2.15. The average Bonchev–Trinajstić information content (AvgIpc) is 3.00. The van der Waals surface area contributed by atoms with Crippen LogP contribution in [0.2, 0.25) is 0 Å². The molecule has 0 spiro atoms. The molecule has 0 saturated carbocycles. The molecule has 4 aromatic rings. The normalized spacial score (nSPS) is 10.5. The van der Waals surface area contributed by atoms with E-state index >= 15 is 0 Å². The molecule has 0 aliphatic heterocycles. The van der Waals surface area contributed by atoms with Gasteiger partial charge in [-0.3, -0.25) is 4.79 Å². The Labute approximate surface area is 144 Å². The molecule has 0 aliphatic rings. The van der Waals surface area contributed by atoms with Crippen molar-refractivity contribution in [2.75, 3.05) is 5.73 Å². The van der Waals surface area contributed by atoms with Crippen LogP contribution in [0.4, 0.5) is 5.95 Å². The van der Waals surface area contributed by atoms with E-state index in [1.165, 1.54) is 0 Å². The van der Waals surface area contributed by atoms with Gasteiger partial charge in [0.2, 0.25) is 11.9 Å². The molecular formula is C19H19N5O. The summed E-state index contributed by atoms with van der Waals surface area (Å²) < 4.78 is 0. The van der Waals surface area contributed by atoms with E-state index in [1.807, 2.05) is 50.2 Å². The molecule has 5 N–H and O–H groups in total. The summed E-state index contributed by atoms with van der Waals surface area (Å²) in [5.74, 6) is -0.281. The van der Waals surface area contributed by atoms with Crippen LogP contribution in [0.5, 0.6) is 0 Å². The van der Waals surface area contributed by atoms with Crippen molar-refractivity contribution in [2.45, 2.75) is 13.8 Å². The lowest BCUT2D eigenvalue weighted by atomic mass is 10.0. The van der Waals surface area contributed by atoms with Gasteiger partial charge in [-0.15, -0.1) is 0 Å². The number of nitrogens with two attached hydrogens (primary N) is 2. The molecule has 2 heterocycles. The number of hydrogen-bond donors (Lipinski definition) is 3. The van der Waals surface area contributed by atoms with Gasteiger partial charge in [0.15, 0.2) is 0 Å². The van der Waals surface area contributed by atoms with Gasteiger partial charge in [-0.05, 0) is 18.2 Å². The third-order valence-electron chi connectivity index (χ3n) is 3.80. The molecule has 2 aromatic heterocycles. The van der Waals surface area contributed by atoms with E-state index in [2.05, 4.69) is 15.0 Å². The molecule has 0 unspecified atom stereocenters. The molecule has 126 valence electrons. The highest BCUT2D eigenvalue weighted by Crippen LogP contribution is 2.33. The second-order valence-electron chi connectivity index (χ2n) is 5.27. The topological polar surface area (TPSA) is 111 Å². The summed E-state index contributed by atoms with van der Waals surface area (Å²) in [5.41, 5.74) is 14.8. The molecule has 6 heteroatoms. The van der Waals surface area contributed by atoms with Crippen molar-refractivity contribution < 1.29 is 4.79 Å². The number of carbonyl (C=O) groups is 1. The first-order chi connectivity index (χ1) is 12.1. The lowest BCUT2D eigenvalue weighted by molar-refractivity contribution is 0.100. The summed E-state index contributed by atoms with van der Waals surface area (Å²) in [6.07, 6.45) is 0. The minimum atomic E-state index is -0.473. The summed E-state index contributed by atoms with van der Waals surface area (Å²) in [5, 5.41) is 1.67. The van der Waals surface area contributed by atoms with Crippen molar-refractivity contribution in [3.05, 3.63) is 54.1 Å². The molecule has 0 saturated heterocycles. The number of carbonyl (C=O) groups excluding carboxylic acids is 1. The molecule has 6 nitrogen and oxygen atoms in total. The number of aromatic nitrogens is 3. The average molecular weight is 333 g/mol. The molecule has 25 heavy (non-hydrogen) atoms. The van der Waals surface area contributed by atoms with Gasteiger partial charge in [-0.1, -0.05) is 44.2 Å². The van der Waals surface area contributed by atoms with Gasteiger partial charge in [0.1, 0.15) is 5.65 Å². The number of nitrogen functional groups attached to an aromatic ring is 1. The fourth-order valence-corrected chi connectivity index (χ4v) is 2.77. The number of nitrogens with zero attached hydrogens (tertiary/aromatic N) is 2. The fraction of sp³-hybridized carbons (Fsp3) is 0.105. The predicted octanol–water partition coefficient (Wildman–Crippen LogP) is 3.49. The van der Waals surface area contributed by atoms with Crippen molar-refractivity contribution in [2.24, 2.45) is 5.73 Å². The smallest absolute Gasteiger partial charge is 0.248 e. The fourth-order valence-electron chi connectivity index (χ4n) is 2.77. The van der Waals surface area contributed by atoms with Crippen LogP contribution in [0.25, 0.3) is 33.2 Å². The number of amides is 1. The second-order valence-corrected chi connectivity index (χ2v) is 5.27. The molecule has 0 atom stereocenters. The van der Waals surface area contributed by atoms with Crippen LogP contribution in [0.3, 0.4) is 0 Å². The van der Waals surface area contributed by atoms with Gasteiger partial charge in [0.25, 0.3) is 0 Å². The molecule has 0 bridgehead atoms. The number of fused-ring (bicyclic) bond motifs is 3. The van der Waals surface area contributed by atoms with Gasteiger partial charge >= 0.3 is 0 Å². The van der Waals surface area contributed by atoms with Crippen LogP contribution in [0.1, 0.15) is 24.2 Å². The maximum absolute atomic E-state index is 11.5. The van der Waals surface area contributed by atoms with Crippen molar-refractivity contribution in [1.29, 1.82) is 0 Å². The molecule has 4 rings (SSSR count). The Kier molecular flexibility index (Phi) is 4.35. The van der Waals surface area contributed by atoms with Crippen molar-refractivity contribution in [3.63, 3.8) is 0 Å². The summed E-state index contributed by atoms with van der Waals surface area (Å²) in [4.78, 5) is 23.4. The second kappa shape index (κ2) is 6.60. The lowest BCUT2D eigenvalue weighted by Gasteiger charge is -2.04. The number of H-pyrrole nitrogens is 1. The Hall–Kier alpha value is -3.41. The van der Waals surface area contributed by atoms with E-state index in [1.54, 1.807) is 12.1 Å². The number of anilines is 1. The zero-order valence-electron chi connectivity index (χ0n) is 14.1. The Morgan fingerprint density at radius 2 is 1.76 bits per heavy atom. The maximum Gasteiger partial charge on any atom is 0.248 e. The maximum atomic E-state index is 11.5.